The van der Waals surface area contributed by atoms with E-state index in [9.17, 15) is 14.7 Å². The van der Waals surface area contributed by atoms with Gasteiger partial charge in [-0.1, -0.05) is 54.1 Å². The Kier molecular flexibility index (Phi) is 5.38. The van der Waals surface area contributed by atoms with Gasteiger partial charge in [0.25, 0.3) is 5.91 Å². The van der Waals surface area contributed by atoms with Crippen molar-refractivity contribution < 1.29 is 19.4 Å². The molecule has 6 heteroatoms. The van der Waals surface area contributed by atoms with Crippen molar-refractivity contribution >= 4 is 23.5 Å². The van der Waals surface area contributed by atoms with Gasteiger partial charge in [-0.05, 0) is 17.7 Å². The lowest BCUT2D eigenvalue weighted by Crippen LogP contribution is -2.36. The summed E-state index contributed by atoms with van der Waals surface area (Å²) in [5, 5.41) is 12.0. The lowest BCUT2D eigenvalue weighted by atomic mass is 10.1. The number of ether oxygens (including phenoxy) is 1. The van der Waals surface area contributed by atoms with E-state index in [1.165, 1.54) is 0 Å². The zero-order chi connectivity index (χ0) is 15.9. The Morgan fingerprint density at radius 2 is 1.73 bits per heavy atom. The molecule has 0 saturated heterocycles. The van der Waals surface area contributed by atoms with Crippen LogP contribution in [-0.4, -0.2) is 23.6 Å². The molecule has 0 aliphatic heterocycles. The van der Waals surface area contributed by atoms with Gasteiger partial charge in [-0.15, -0.1) is 0 Å². The van der Waals surface area contributed by atoms with E-state index in [-0.39, 0.29) is 6.61 Å². The maximum absolute atomic E-state index is 11.9. The molecule has 0 saturated carbocycles. The minimum absolute atomic E-state index is 0.319. The third kappa shape index (κ3) is 4.23. The molecule has 0 unspecified atom stereocenters. The molecule has 0 spiro atoms. The van der Waals surface area contributed by atoms with Crippen LogP contribution < -0.4 is 10.1 Å². The van der Waals surface area contributed by atoms with Crippen LogP contribution in [0.2, 0.25) is 5.02 Å². The molecule has 2 rings (SSSR count). The van der Waals surface area contributed by atoms with E-state index >= 15 is 0 Å². The van der Waals surface area contributed by atoms with Gasteiger partial charge < -0.3 is 15.2 Å². The highest BCUT2D eigenvalue weighted by Gasteiger charge is 2.21. The van der Waals surface area contributed by atoms with Crippen LogP contribution in [0.4, 0.5) is 0 Å². The lowest BCUT2D eigenvalue weighted by molar-refractivity contribution is -0.142. The lowest BCUT2D eigenvalue weighted by Gasteiger charge is -2.15. The van der Waals surface area contributed by atoms with Crippen molar-refractivity contribution in [1.29, 1.82) is 0 Å². The van der Waals surface area contributed by atoms with Crippen LogP contribution in [0.5, 0.6) is 5.75 Å². The summed E-state index contributed by atoms with van der Waals surface area (Å²) in [6.45, 7) is -0.319. The van der Waals surface area contributed by atoms with Crippen LogP contribution in [0.25, 0.3) is 0 Å². The maximum atomic E-state index is 11.9. The molecular formula is C16H14ClNO4. The number of hydrogen-bond acceptors (Lipinski definition) is 3. The zero-order valence-corrected chi connectivity index (χ0v) is 12.3. The van der Waals surface area contributed by atoms with Crippen LogP contribution in [-0.2, 0) is 9.59 Å². The van der Waals surface area contributed by atoms with Gasteiger partial charge in [0, 0.05) is 0 Å². The number of rotatable bonds is 6. The molecule has 22 heavy (non-hydrogen) atoms. The number of benzene rings is 2. The van der Waals surface area contributed by atoms with Crippen molar-refractivity contribution in [3.05, 3.63) is 65.2 Å². The fraction of sp³-hybridized carbons (Fsp3) is 0.125. The number of aliphatic carboxylic acids is 1. The predicted molar refractivity (Wildman–Crippen MR) is 81.9 cm³/mol. The van der Waals surface area contributed by atoms with Gasteiger partial charge in [-0.3, -0.25) is 4.79 Å². The number of para-hydroxylation sites is 1. The average Bonchev–Trinajstić information content (AvgIpc) is 2.52. The average molecular weight is 320 g/mol. The Hall–Kier alpha value is -2.53. The molecule has 0 radical (unpaired) electrons. The monoisotopic (exact) mass is 319 g/mol. The molecule has 0 aromatic heterocycles. The first-order chi connectivity index (χ1) is 10.6. The Morgan fingerprint density at radius 3 is 2.36 bits per heavy atom. The van der Waals surface area contributed by atoms with Crippen LogP contribution in [0.1, 0.15) is 11.6 Å². The molecule has 0 heterocycles. The van der Waals surface area contributed by atoms with Crippen LogP contribution in [0, 0.1) is 0 Å². The molecule has 0 fully saturated rings. The smallest absolute Gasteiger partial charge is 0.330 e. The van der Waals surface area contributed by atoms with E-state index in [0.717, 1.165) is 0 Å². The van der Waals surface area contributed by atoms with E-state index in [1.807, 2.05) is 0 Å². The van der Waals surface area contributed by atoms with Gasteiger partial charge in [0.2, 0.25) is 0 Å². The molecule has 0 aliphatic rings. The third-order valence-electron chi connectivity index (χ3n) is 2.88. The summed E-state index contributed by atoms with van der Waals surface area (Å²) < 4.78 is 5.28. The fourth-order valence-corrected chi connectivity index (χ4v) is 2.03. The molecule has 2 aromatic carbocycles. The maximum Gasteiger partial charge on any atom is 0.330 e. The van der Waals surface area contributed by atoms with Gasteiger partial charge in [-0.25, -0.2) is 4.79 Å². The van der Waals surface area contributed by atoms with E-state index in [0.29, 0.717) is 16.3 Å². The van der Waals surface area contributed by atoms with Crippen LogP contribution in [0.3, 0.4) is 0 Å². The SMILES string of the molecule is O=C(COc1ccccc1Cl)N[C@H](C(=O)O)c1ccccc1. The van der Waals surface area contributed by atoms with E-state index in [4.69, 9.17) is 16.3 Å². The molecule has 1 amide bonds. The Labute approximate surface area is 132 Å². The highest BCUT2D eigenvalue weighted by molar-refractivity contribution is 6.32. The summed E-state index contributed by atoms with van der Waals surface area (Å²) in [6, 6.07) is 14.1. The van der Waals surface area contributed by atoms with Gasteiger partial charge in [0.1, 0.15) is 5.75 Å². The number of hydrogen-bond donors (Lipinski definition) is 2. The number of amides is 1. The van der Waals surface area contributed by atoms with Crippen LogP contribution in [0.15, 0.2) is 54.6 Å². The van der Waals surface area contributed by atoms with Crippen molar-refractivity contribution in [2.24, 2.45) is 0 Å². The summed E-state index contributed by atoms with van der Waals surface area (Å²) in [5.41, 5.74) is 0.487. The number of carbonyl (C=O) groups excluding carboxylic acids is 1. The van der Waals surface area contributed by atoms with Gasteiger partial charge >= 0.3 is 5.97 Å². The number of halogens is 1. The zero-order valence-electron chi connectivity index (χ0n) is 11.5. The number of carboxylic acids is 1. The molecule has 0 aliphatic carbocycles. The van der Waals surface area contributed by atoms with Crippen molar-refractivity contribution in [1.82, 2.24) is 5.32 Å². The Bertz CT molecular complexity index is 660. The standard InChI is InChI=1S/C16H14ClNO4/c17-12-8-4-5-9-13(12)22-10-14(19)18-15(16(20)21)11-6-2-1-3-7-11/h1-9,15H,10H2,(H,18,19)(H,20,21)/t15-/m0/s1. The summed E-state index contributed by atoms with van der Waals surface area (Å²) in [5.74, 6) is -1.32. The van der Waals surface area contributed by atoms with E-state index in [1.54, 1.807) is 54.6 Å². The molecule has 2 N–H and O–H groups in total. The predicted octanol–water partition coefficient (Wildman–Crippen LogP) is 2.66. The van der Waals surface area contributed by atoms with E-state index < -0.39 is 17.9 Å². The normalized spacial score (nSPS) is 11.5. The minimum Gasteiger partial charge on any atom is -0.482 e. The van der Waals surface area contributed by atoms with E-state index in [2.05, 4.69) is 5.32 Å². The second kappa shape index (κ2) is 7.47. The Balaban J connectivity index is 1.98. The summed E-state index contributed by atoms with van der Waals surface area (Å²) >= 11 is 5.91. The highest BCUT2D eigenvalue weighted by Crippen LogP contribution is 2.23. The van der Waals surface area contributed by atoms with Crippen molar-refractivity contribution in [2.75, 3.05) is 6.61 Å². The molecular weight excluding hydrogens is 306 g/mol. The highest BCUT2D eigenvalue weighted by atomic mass is 35.5. The second-order valence-corrected chi connectivity index (χ2v) is 4.88. The number of carboxylic acid groups (broad SMARTS) is 1. The van der Waals surface area contributed by atoms with Crippen LogP contribution >= 0.6 is 11.6 Å². The quantitative estimate of drug-likeness (QED) is 0.858. The summed E-state index contributed by atoms with van der Waals surface area (Å²) in [7, 11) is 0. The molecule has 114 valence electrons. The second-order valence-electron chi connectivity index (χ2n) is 4.47. The first kappa shape index (κ1) is 15.9. The molecule has 5 nitrogen and oxygen atoms in total. The number of carbonyl (C=O) groups is 2. The summed E-state index contributed by atoms with van der Waals surface area (Å²) in [4.78, 5) is 23.2. The topological polar surface area (TPSA) is 75.6 Å². The van der Waals surface area contributed by atoms with Crippen molar-refractivity contribution in [3.8, 4) is 5.75 Å². The van der Waals surface area contributed by atoms with Gasteiger partial charge in [0.05, 0.1) is 5.02 Å². The summed E-state index contributed by atoms with van der Waals surface area (Å²) in [6.07, 6.45) is 0. The van der Waals surface area contributed by atoms with Gasteiger partial charge in [0.15, 0.2) is 12.6 Å². The van der Waals surface area contributed by atoms with Crippen molar-refractivity contribution in [3.63, 3.8) is 0 Å². The minimum atomic E-state index is -1.14. The first-order valence-electron chi connectivity index (χ1n) is 6.52. The first-order valence-corrected chi connectivity index (χ1v) is 6.90. The molecule has 0 bridgehead atoms. The fourth-order valence-electron chi connectivity index (χ4n) is 1.84. The number of nitrogens with one attached hydrogen (secondary N) is 1. The largest absolute Gasteiger partial charge is 0.482 e. The molecule has 1 atom stereocenters. The molecule has 2 aromatic rings. The van der Waals surface area contributed by atoms with Crippen molar-refractivity contribution in [2.45, 2.75) is 6.04 Å². The third-order valence-corrected chi connectivity index (χ3v) is 3.19. The Morgan fingerprint density at radius 1 is 1.09 bits per heavy atom. The van der Waals surface area contributed by atoms with Gasteiger partial charge in [-0.2, -0.15) is 0 Å².